The van der Waals surface area contributed by atoms with Crippen molar-refractivity contribution in [3.05, 3.63) is 46.2 Å². The summed E-state index contributed by atoms with van der Waals surface area (Å²) in [6.45, 7) is 6.62. The Hall–Kier alpha value is -2.25. The predicted molar refractivity (Wildman–Crippen MR) is 130 cm³/mol. The van der Waals surface area contributed by atoms with Gasteiger partial charge in [0.2, 0.25) is 11.8 Å². The van der Waals surface area contributed by atoms with Crippen molar-refractivity contribution in [3.63, 3.8) is 0 Å². The third kappa shape index (κ3) is 7.14. The van der Waals surface area contributed by atoms with Crippen LogP contribution in [0.5, 0.6) is 11.5 Å². The van der Waals surface area contributed by atoms with Gasteiger partial charge in [-0.1, -0.05) is 19.1 Å². The lowest BCUT2D eigenvalue weighted by Gasteiger charge is -2.32. The number of hydrogen-bond acceptors (Lipinski definition) is 5. The van der Waals surface area contributed by atoms with E-state index in [0.717, 1.165) is 16.9 Å². The maximum Gasteiger partial charge on any atom is 0.242 e. The molecule has 0 aliphatic carbocycles. The molecule has 32 heavy (non-hydrogen) atoms. The van der Waals surface area contributed by atoms with Crippen LogP contribution >= 0.6 is 22.9 Å². The van der Waals surface area contributed by atoms with Crippen LogP contribution < -0.4 is 9.47 Å². The molecule has 2 atom stereocenters. The molecule has 0 bridgehead atoms. The molecule has 0 N–H and O–H groups in total. The van der Waals surface area contributed by atoms with E-state index in [1.807, 2.05) is 54.5 Å². The van der Waals surface area contributed by atoms with Crippen molar-refractivity contribution in [1.29, 1.82) is 0 Å². The number of alkyl halides is 1. The van der Waals surface area contributed by atoms with Crippen LogP contribution in [0.2, 0.25) is 0 Å². The Bertz CT molecular complexity index is 873. The molecular formula is C24H33ClN2O4S. The summed E-state index contributed by atoms with van der Waals surface area (Å²) in [5.41, 5.74) is 1.04. The maximum atomic E-state index is 13.3. The monoisotopic (exact) mass is 480 g/mol. The summed E-state index contributed by atoms with van der Waals surface area (Å²) >= 11 is 7.67. The van der Waals surface area contributed by atoms with Crippen LogP contribution in [0.3, 0.4) is 0 Å². The third-order valence-electron chi connectivity index (χ3n) is 5.45. The van der Waals surface area contributed by atoms with Crippen LogP contribution in [0, 0.1) is 0 Å². The van der Waals surface area contributed by atoms with E-state index in [-0.39, 0.29) is 24.4 Å². The van der Waals surface area contributed by atoms with Crippen molar-refractivity contribution < 1.29 is 19.1 Å². The highest BCUT2D eigenvalue weighted by molar-refractivity contribution is 7.09. The quantitative estimate of drug-likeness (QED) is 0.417. The van der Waals surface area contributed by atoms with Gasteiger partial charge in [0, 0.05) is 17.5 Å². The number of carbonyl (C=O) groups excluding carboxylic acids is 2. The number of hydrogen-bond donors (Lipinski definition) is 0. The van der Waals surface area contributed by atoms with Gasteiger partial charge in [-0.25, -0.2) is 0 Å². The fourth-order valence-electron chi connectivity index (χ4n) is 3.33. The van der Waals surface area contributed by atoms with Crippen molar-refractivity contribution in [2.45, 2.75) is 51.6 Å². The Morgan fingerprint density at radius 1 is 1.12 bits per heavy atom. The molecule has 1 heterocycles. The second-order valence-electron chi connectivity index (χ2n) is 7.67. The van der Waals surface area contributed by atoms with Crippen LogP contribution in [0.1, 0.15) is 37.6 Å². The van der Waals surface area contributed by atoms with Crippen LogP contribution in [0.25, 0.3) is 0 Å². The minimum absolute atomic E-state index is 0.0161. The van der Waals surface area contributed by atoms with Gasteiger partial charge in [0.05, 0.1) is 20.8 Å². The molecular weight excluding hydrogens is 448 g/mol. The van der Waals surface area contributed by atoms with E-state index in [9.17, 15) is 9.59 Å². The van der Waals surface area contributed by atoms with E-state index < -0.39 is 5.38 Å². The molecule has 0 aliphatic rings. The summed E-state index contributed by atoms with van der Waals surface area (Å²) in [5.74, 6) is 1.02. The first-order chi connectivity index (χ1) is 15.3. The number of rotatable bonds is 12. The van der Waals surface area contributed by atoms with Gasteiger partial charge < -0.3 is 19.3 Å². The molecule has 0 radical (unpaired) electrons. The lowest BCUT2D eigenvalue weighted by atomic mass is 10.1. The Kier molecular flexibility index (Phi) is 10.3. The summed E-state index contributed by atoms with van der Waals surface area (Å²) in [6, 6.07) is 9.68. The number of amides is 2. The molecule has 2 amide bonds. The molecule has 0 aliphatic heterocycles. The predicted octanol–water partition coefficient (Wildman–Crippen LogP) is 4.59. The summed E-state index contributed by atoms with van der Waals surface area (Å²) in [5, 5.41) is 1.32. The second-order valence-corrected chi connectivity index (χ2v) is 9.36. The van der Waals surface area contributed by atoms with Gasteiger partial charge in [-0.05, 0) is 55.8 Å². The first-order valence-electron chi connectivity index (χ1n) is 10.8. The normalized spacial score (nSPS) is 12.7. The number of ether oxygens (including phenoxy) is 2. The number of methoxy groups -OCH3 is 2. The molecule has 2 aromatic rings. The summed E-state index contributed by atoms with van der Waals surface area (Å²) in [6.07, 6.45) is 1.40. The first kappa shape index (κ1) is 26.0. The van der Waals surface area contributed by atoms with Gasteiger partial charge in [-0.2, -0.15) is 0 Å². The van der Waals surface area contributed by atoms with E-state index in [4.69, 9.17) is 21.1 Å². The van der Waals surface area contributed by atoms with E-state index in [1.54, 1.807) is 37.4 Å². The SMILES string of the molecule is CCC(C)N(CC(=O)N(CCc1ccc(OC)c(OC)c1)Cc1cccs1)C(=O)C(C)Cl. The fraction of sp³-hybridized carbons (Fsp3) is 0.500. The van der Waals surface area contributed by atoms with Gasteiger partial charge >= 0.3 is 0 Å². The molecule has 0 saturated carbocycles. The van der Waals surface area contributed by atoms with Gasteiger partial charge in [0.15, 0.2) is 11.5 Å². The zero-order chi connectivity index (χ0) is 23.7. The van der Waals surface area contributed by atoms with E-state index in [1.165, 1.54) is 0 Å². The van der Waals surface area contributed by atoms with Crippen molar-refractivity contribution in [3.8, 4) is 11.5 Å². The smallest absolute Gasteiger partial charge is 0.242 e. The maximum absolute atomic E-state index is 13.3. The lowest BCUT2D eigenvalue weighted by molar-refractivity contribution is -0.142. The molecule has 8 heteroatoms. The molecule has 176 valence electrons. The van der Waals surface area contributed by atoms with Gasteiger partial charge in [0.25, 0.3) is 0 Å². The number of nitrogens with zero attached hydrogens (tertiary/aromatic N) is 2. The molecule has 0 spiro atoms. The van der Waals surface area contributed by atoms with E-state index in [0.29, 0.717) is 31.0 Å². The lowest BCUT2D eigenvalue weighted by Crippen LogP contribution is -2.48. The van der Waals surface area contributed by atoms with Crippen LogP contribution in [0.4, 0.5) is 0 Å². The van der Waals surface area contributed by atoms with Crippen LogP contribution in [-0.4, -0.2) is 60.3 Å². The minimum atomic E-state index is -0.672. The van der Waals surface area contributed by atoms with Crippen molar-refractivity contribution in [2.24, 2.45) is 0 Å². The second kappa shape index (κ2) is 12.7. The third-order valence-corrected chi connectivity index (χ3v) is 6.50. The van der Waals surface area contributed by atoms with E-state index >= 15 is 0 Å². The Morgan fingerprint density at radius 3 is 2.41 bits per heavy atom. The number of thiophene rings is 1. The molecule has 1 aromatic heterocycles. The molecule has 0 saturated heterocycles. The highest BCUT2D eigenvalue weighted by Gasteiger charge is 2.27. The van der Waals surface area contributed by atoms with Gasteiger partial charge in [-0.3, -0.25) is 9.59 Å². The zero-order valence-corrected chi connectivity index (χ0v) is 21.0. The summed E-state index contributed by atoms with van der Waals surface area (Å²) < 4.78 is 10.7. The number of benzene rings is 1. The molecule has 0 fully saturated rings. The largest absolute Gasteiger partial charge is 0.493 e. The zero-order valence-electron chi connectivity index (χ0n) is 19.5. The topological polar surface area (TPSA) is 59.1 Å². The highest BCUT2D eigenvalue weighted by atomic mass is 35.5. The van der Waals surface area contributed by atoms with Crippen molar-refractivity contribution in [2.75, 3.05) is 27.3 Å². The molecule has 2 rings (SSSR count). The average molecular weight is 481 g/mol. The van der Waals surface area contributed by atoms with Crippen LogP contribution in [0.15, 0.2) is 35.7 Å². The van der Waals surface area contributed by atoms with Crippen molar-refractivity contribution in [1.82, 2.24) is 9.80 Å². The molecule has 6 nitrogen and oxygen atoms in total. The molecule has 1 aromatic carbocycles. The average Bonchev–Trinajstić information content (AvgIpc) is 3.31. The van der Waals surface area contributed by atoms with E-state index in [2.05, 4.69) is 0 Å². The summed E-state index contributed by atoms with van der Waals surface area (Å²) in [7, 11) is 3.21. The first-order valence-corrected chi connectivity index (χ1v) is 12.1. The molecule has 2 unspecified atom stereocenters. The number of halogens is 1. The Morgan fingerprint density at radius 2 is 1.84 bits per heavy atom. The Balaban J connectivity index is 2.18. The Labute approximate surface area is 200 Å². The van der Waals surface area contributed by atoms with Crippen LogP contribution in [-0.2, 0) is 22.6 Å². The summed E-state index contributed by atoms with van der Waals surface area (Å²) in [4.78, 5) is 30.4. The number of carbonyl (C=O) groups is 2. The fourth-order valence-corrected chi connectivity index (χ4v) is 4.17. The minimum Gasteiger partial charge on any atom is -0.493 e. The van der Waals surface area contributed by atoms with Gasteiger partial charge in [0.1, 0.15) is 11.9 Å². The highest BCUT2D eigenvalue weighted by Crippen LogP contribution is 2.28. The van der Waals surface area contributed by atoms with Crippen molar-refractivity contribution >= 4 is 34.8 Å². The standard InChI is InChI=1S/C24H33ClN2O4S/c1-6-17(2)27(24(29)18(3)25)16-23(28)26(15-20-8-7-13-32-20)12-11-19-9-10-21(30-4)22(14-19)31-5/h7-10,13-14,17-18H,6,11-12,15-16H2,1-5H3. The van der Waals surface area contributed by atoms with Gasteiger partial charge in [-0.15, -0.1) is 22.9 Å².